The molecule has 0 saturated heterocycles. The Morgan fingerprint density at radius 1 is 0.941 bits per heavy atom. The van der Waals surface area contributed by atoms with Crippen molar-refractivity contribution in [2.45, 2.75) is 6.92 Å². The van der Waals surface area contributed by atoms with E-state index in [2.05, 4.69) is 4.98 Å². The van der Waals surface area contributed by atoms with E-state index in [-0.39, 0.29) is 0 Å². The molecule has 84 valence electrons. The standard InChI is InChI=1S/C15H13NO/c1-10-6-9-14(16-10)13-8-7-11-4-2-3-5-12(11)15(13)17/h2-9,16-17H,1H3. The fraction of sp³-hybridized carbons (Fsp3) is 0.0667. The molecule has 0 spiro atoms. The molecule has 0 atom stereocenters. The molecule has 0 radical (unpaired) electrons. The van der Waals surface area contributed by atoms with Crippen LogP contribution in [-0.2, 0) is 0 Å². The summed E-state index contributed by atoms with van der Waals surface area (Å²) in [7, 11) is 0. The van der Waals surface area contributed by atoms with Gasteiger partial charge >= 0.3 is 0 Å². The maximum atomic E-state index is 10.3. The number of phenols is 1. The van der Waals surface area contributed by atoms with Gasteiger partial charge < -0.3 is 10.1 Å². The summed E-state index contributed by atoms with van der Waals surface area (Å²) in [5.74, 6) is 0.338. The van der Waals surface area contributed by atoms with Gasteiger partial charge in [0.1, 0.15) is 5.75 Å². The zero-order valence-electron chi connectivity index (χ0n) is 9.57. The van der Waals surface area contributed by atoms with Gasteiger partial charge in [-0.3, -0.25) is 0 Å². The summed E-state index contributed by atoms with van der Waals surface area (Å²) in [6.07, 6.45) is 0. The average molecular weight is 223 g/mol. The van der Waals surface area contributed by atoms with Gasteiger partial charge in [0.05, 0.1) is 0 Å². The summed E-state index contributed by atoms with van der Waals surface area (Å²) in [6, 6.07) is 15.8. The van der Waals surface area contributed by atoms with Crippen LogP contribution in [0.3, 0.4) is 0 Å². The van der Waals surface area contributed by atoms with Crippen molar-refractivity contribution < 1.29 is 5.11 Å². The fourth-order valence-corrected chi connectivity index (χ4v) is 2.13. The van der Waals surface area contributed by atoms with Crippen LogP contribution in [0.2, 0.25) is 0 Å². The second-order valence-electron chi connectivity index (χ2n) is 4.24. The van der Waals surface area contributed by atoms with Crippen LogP contribution >= 0.6 is 0 Å². The molecule has 0 aliphatic rings. The van der Waals surface area contributed by atoms with E-state index >= 15 is 0 Å². The number of phenolic OH excluding ortho intramolecular Hbond substituents is 1. The lowest BCUT2D eigenvalue weighted by molar-refractivity contribution is 0.483. The van der Waals surface area contributed by atoms with Crippen LogP contribution in [-0.4, -0.2) is 10.1 Å². The number of rotatable bonds is 1. The predicted octanol–water partition coefficient (Wildman–Crippen LogP) is 3.85. The van der Waals surface area contributed by atoms with Crippen LogP contribution in [0.25, 0.3) is 22.0 Å². The average Bonchev–Trinajstić information content (AvgIpc) is 2.77. The van der Waals surface area contributed by atoms with E-state index in [0.29, 0.717) is 5.75 Å². The van der Waals surface area contributed by atoms with Crippen LogP contribution in [0.1, 0.15) is 5.69 Å². The molecule has 0 aliphatic carbocycles. The lowest BCUT2D eigenvalue weighted by atomic mass is 10.0. The highest BCUT2D eigenvalue weighted by Crippen LogP contribution is 2.35. The summed E-state index contributed by atoms with van der Waals surface area (Å²) in [6.45, 7) is 2.00. The van der Waals surface area contributed by atoms with Crippen molar-refractivity contribution in [3.05, 3.63) is 54.2 Å². The number of nitrogens with one attached hydrogen (secondary N) is 1. The van der Waals surface area contributed by atoms with Gasteiger partial charge in [0.25, 0.3) is 0 Å². The van der Waals surface area contributed by atoms with Gasteiger partial charge in [0, 0.05) is 22.3 Å². The molecule has 0 bridgehead atoms. The normalized spacial score (nSPS) is 10.9. The summed E-state index contributed by atoms with van der Waals surface area (Å²) < 4.78 is 0. The zero-order valence-corrected chi connectivity index (χ0v) is 9.57. The number of H-pyrrole nitrogens is 1. The van der Waals surface area contributed by atoms with E-state index in [1.165, 1.54) is 0 Å². The van der Waals surface area contributed by atoms with Gasteiger partial charge in [-0.15, -0.1) is 0 Å². The van der Waals surface area contributed by atoms with Crippen LogP contribution in [0.15, 0.2) is 48.5 Å². The van der Waals surface area contributed by atoms with Crippen molar-refractivity contribution in [3.8, 4) is 17.0 Å². The molecule has 2 heteroatoms. The molecular weight excluding hydrogens is 210 g/mol. The number of aromatic nitrogens is 1. The minimum Gasteiger partial charge on any atom is -0.507 e. The van der Waals surface area contributed by atoms with Crippen molar-refractivity contribution in [2.75, 3.05) is 0 Å². The lowest BCUT2D eigenvalue weighted by Gasteiger charge is -2.06. The minimum atomic E-state index is 0.338. The Labute approximate surface area is 99.5 Å². The number of aromatic hydroxyl groups is 1. The molecule has 3 aromatic rings. The largest absolute Gasteiger partial charge is 0.507 e. The maximum Gasteiger partial charge on any atom is 0.132 e. The molecular formula is C15H13NO. The molecule has 0 amide bonds. The first kappa shape index (κ1) is 9.97. The highest BCUT2D eigenvalue weighted by atomic mass is 16.3. The first-order valence-corrected chi connectivity index (χ1v) is 5.62. The molecule has 2 aromatic carbocycles. The number of benzene rings is 2. The van der Waals surface area contributed by atoms with E-state index < -0.39 is 0 Å². The Bertz CT molecular complexity index is 682. The van der Waals surface area contributed by atoms with Crippen LogP contribution in [0.4, 0.5) is 0 Å². The first-order valence-electron chi connectivity index (χ1n) is 5.62. The molecule has 2 N–H and O–H groups in total. The van der Waals surface area contributed by atoms with E-state index in [1.807, 2.05) is 55.5 Å². The Morgan fingerprint density at radius 3 is 2.53 bits per heavy atom. The number of hydrogen-bond acceptors (Lipinski definition) is 1. The summed E-state index contributed by atoms with van der Waals surface area (Å²) in [5.41, 5.74) is 2.88. The Balaban J connectivity index is 2.28. The fourth-order valence-electron chi connectivity index (χ4n) is 2.13. The van der Waals surface area contributed by atoms with Crippen molar-refractivity contribution in [1.29, 1.82) is 0 Å². The van der Waals surface area contributed by atoms with Crippen molar-refractivity contribution >= 4 is 10.8 Å². The van der Waals surface area contributed by atoms with Gasteiger partial charge in [-0.25, -0.2) is 0 Å². The molecule has 1 aromatic heterocycles. The Hall–Kier alpha value is -2.22. The van der Waals surface area contributed by atoms with E-state index in [1.54, 1.807) is 0 Å². The molecule has 0 saturated carbocycles. The van der Waals surface area contributed by atoms with Crippen LogP contribution < -0.4 is 0 Å². The van der Waals surface area contributed by atoms with Crippen LogP contribution in [0.5, 0.6) is 5.75 Å². The smallest absolute Gasteiger partial charge is 0.132 e. The number of hydrogen-bond donors (Lipinski definition) is 2. The quantitative estimate of drug-likeness (QED) is 0.645. The molecule has 2 nitrogen and oxygen atoms in total. The molecule has 17 heavy (non-hydrogen) atoms. The SMILES string of the molecule is Cc1ccc(-c2ccc3ccccc3c2O)[nH]1. The third-order valence-electron chi connectivity index (χ3n) is 3.02. The molecule has 3 rings (SSSR count). The number of aromatic amines is 1. The second-order valence-corrected chi connectivity index (χ2v) is 4.24. The number of fused-ring (bicyclic) bond motifs is 1. The predicted molar refractivity (Wildman–Crippen MR) is 70.1 cm³/mol. The van der Waals surface area contributed by atoms with Crippen molar-refractivity contribution in [2.24, 2.45) is 0 Å². The third kappa shape index (κ3) is 1.58. The minimum absolute atomic E-state index is 0.338. The summed E-state index contributed by atoms with van der Waals surface area (Å²) >= 11 is 0. The van der Waals surface area contributed by atoms with E-state index in [0.717, 1.165) is 27.7 Å². The van der Waals surface area contributed by atoms with Crippen LogP contribution in [0, 0.1) is 6.92 Å². The monoisotopic (exact) mass is 223 g/mol. The first-order chi connectivity index (χ1) is 8.25. The van der Waals surface area contributed by atoms with Gasteiger partial charge in [-0.1, -0.05) is 30.3 Å². The highest BCUT2D eigenvalue weighted by molar-refractivity contribution is 5.94. The molecule has 0 aliphatic heterocycles. The molecule has 0 fully saturated rings. The topological polar surface area (TPSA) is 36.0 Å². The lowest BCUT2D eigenvalue weighted by Crippen LogP contribution is -1.82. The van der Waals surface area contributed by atoms with Gasteiger partial charge in [0.15, 0.2) is 0 Å². The molecule has 1 heterocycles. The van der Waals surface area contributed by atoms with E-state index in [9.17, 15) is 5.11 Å². The summed E-state index contributed by atoms with van der Waals surface area (Å²) in [4.78, 5) is 3.24. The summed E-state index contributed by atoms with van der Waals surface area (Å²) in [5, 5.41) is 12.2. The third-order valence-corrected chi connectivity index (χ3v) is 3.02. The van der Waals surface area contributed by atoms with Crippen molar-refractivity contribution in [3.63, 3.8) is 0 Å². The van der Waals surface area contributed by atoms with Gasteiger partial charge in [-0.05, 0) is 30.5 Å². The zero-order chi connectivity index (χ0) is 11.8. The van der Waals surface area contributed by atoms with Crippen molar-refractivity contribution in [1.82, 2.24) is 4.98 Å². The van der Waals surface area contributed by atoms with Gasteiger partial charge in [-0.2, -0.15) is 0 Å². The van der Waals surface area contributed by atoms with Gasteiger partial charge in [0.2, 0.25) is 0 Å². The highest BCUT2D eigenvalue weighted by Gasteiger charge is 2.08. The van der Waals surface area contributed by atoms with E-state index in [4.69, 9.17) is 0 Å². The number of aryl methyl sites for hydroxylation is 1. The molecule has 0 unspecified atom stereocenters. The maximum absolute atomic E-state index is 10.3. The Kier molecular flexibility index (Phi) is 2.15. The Morgan fingerprint density at radius 2 is 1.76 bits per heavy atom. The second kappa shape index (κ2) is 3.67.